The van der Waals surface area contributed by atoms with E-state index in [1.54, 1.807) is 31.3 Å². The number of benzene rings is 3. The van der Waals surface area contributed by atoms with E-state index in [0.29, 0.717) is 30.9 Å². The van der Waals surface area contributed by atoms with Gasteiger partial charge in [0.15, 0.2) is 11.5 Å². The molecule has 7 nitrogen and oxygen atoms in total. The van der Waals surface area contributed by atoms with E-state index in [2.05, 4.69) is 5.32 Å². The van der Waals surface area contributed by atoms with Gasteiger partial charge in [-0.15, -0.1) is 0 Å². The zero-order chi connectivity index (χ0) is 25.8. The molecule has 0 radical (unpaired) electrons. The molecule has 0 aliphatic carbocycles. The van der Waals surface area contributed by atoms with E-state index in [1.165, 1.54) is 0 Å². The molecule has 0 aliphatic heterocycles. The summed E-state index contributed by atoms with van der Waals surface area (Å²) in [5.74, 6) is 0.702. The van der Waals surface area contributed by atoms with Crippen LogP contribution in [-0.2, 0) is 29.0 Å². The predicted molar refractivity (Wildman–Crippen MR) is 139 cm³/mol. The van der Waals surface area contributed by atoms with Gasteiger partial charge < -0.3 is 24.8 Å². The summed E-state index contributed by atoms with van der Waals surface area (Å²) in [6.07, 6.45) is 0.917. The lowest BCUT2D eigenvalue weighted by Gasteiger charge is -2.31. The van der Waals surface area contributed by atoms with Gasteiger partial charge in [0.25, 0.3) is 0 Å². The standard InChI is InChI=1S/C29H34N2O5/c1-35-26-15-14-24(19-27(26)36-2)20-28(33)31(21-23-12-7-4-8-13-23)25(29(34)30-16-9-17-32)18-22-10-5-3-6-11-22/h3-8,10-15,19,25,32H,9,16-18,20-21H2,1-2H3,(H,30,34)/t25-/m1/s1. The number of amides is 2. The van der Waals surface area contributed by atoms with Gasteiger partial charge in [-0.1, -0.05) is 66.7 Å². The van der Waals surface area contributed by atoms with E-state index in [0.717, 1.165) is 16.7 Å². The summed E-state index contributed by atoms with van der Waals surface area (Å²) in [6.45, 7) is 0.608. The molecular formula is C29H34N2O5. The minimum atomic E-state index is -0.723. The van der Waals surface area contributed by atoms with Crippen molar-refractivity contribution in [3.8, 4) is 11.5 Å². The van der Waals surface area contributed by atoms with Gasteiger partial charge in [0.1, 0.15) is 6.04 Å². The normalized spacial score (nSPS) is 11.4. The number of nitrogens with one attached hydrogen (secondary N) is 1. The topological polar surface area (TPSA) is 88.1 Å². The largest absolute Gasteiger partial charge is 0.493 e. The van der Waals surface area contributed by atoms with Crippen molar-refractivity contribution in [1.82, 2.24) is 10.2 Å². The molecule has 0 saturated carbocycles. The second-order valence-electron chi connectivity index (χ2n) is 8.45. The van der Waals surface area contributed by atoms with Crippen LogP contribution in [0.25, 0.3) is 0 Å². The number of hydrogen-bond acceptors (Lipinski definition) is 5. The van der Waals surface area contributed by atoms with Gasteiger partial charge in [-0.2, -0.15) is 0 Å². The van der Waals surface area contributed by atoms with Gasteiger partial charge >= 0.3 is 0 Å². The van der Waals surface area contributed by atoms with Gasteiger partial charge in [0.05, 0.1) is 20.6 Å². The van der Waals surface area contributed by atoms with Gasteiger partial charge in [0, 0.05) is 26.1 Å². The molecule has 1 atom stereocenters. The Morgan fingerprint density at radius 3 is 2.11 bits per heavy atom. The predicted octanol–water partition coefficient (Wildman–Crippen LogP) is 3.39. The number of carbonyl (C=O) groups is 2. The van der Waals surface area contributed by atoms with Crippen LogP contribution in [0.5, 0.6) is 11.5 Å². The first-order valence-electron chi connectivity index (χ1n) is 12.0. The van der Waals surface area contributed by atoms with Crippen LogP contribution in [0.4, 0.5) is 0 Å². The number of methoxy groups -OCH3 is 2. The van der Waals surface area contributed by atoms with E-state index in [-0.39, 0.29) is 31.4 Å². The quantitative estimate of drug-likeness (QED) is 0.359. The Hall–Kier alpha value is -3.84. The molecule has 0 unspecified atom stereocenters. The van der Waals surface area contributed by atoms with Gasteiger partial charge in [0.2, 0.25) is 11.8 Å². The Labute approximate surface area is 212 Å². The fraction of sp³-hybridized carbons (Fsp3) is 0.310. The third kappa shape index (κ3) is 7.58. The molecule has 0 heterocycles. The molecule has 3 aromatic rings. The second kappa shape index (κ2) is 13.9. The van der Waals surface area contributed by atoms with Crippen molar-refractivity contribution in [3.05, 3.63) is 95.6 Å². The van der Waals surface area contributed by atoms with Crippen molar-refractivity contribution >= 4 is 11.8 Å². The van der Waals surface area contributed by atoms with Crippen molar-refractivity contribution in [2.45, 2.75) is 31.8 Å². The smallest absolute Gasteiger partial charge is 0.243 e. The first-order valence-corrected chi connectivity index (χ1v) is 12.0. The maximum absolute atomic E-state index is 13.8. The Kier molecular flexibility index (Phi) is 10.3. The van der Waals surface area contributed by atoms with Crippen LogP contribution in [-0.4, -0.2) is 55.2 Å². The monoisotopic (exact) mass is 490 g/mol. The highest BCUT2D eigenvalue weighted by molar-refractivity contribution is 5.88. The van der Waals surface area contributed by atoms with E-state index in [1.807, 2.05) is 66.7 Å². The molecule has 36 heavy (non-hydrogen) atoms. The average molecular weight is 491 g/mol. The summed E-state index contributed by atoms with van der Waals surface area (Å²) in [7, 11) is 3.12. The molecule has 190 valence electrons. The van der Waals surface area contributed by atoms with Crippen molar-refractivity contribution < 1.29 is 24.2 Å². The van der Waals surface area contributed by atoms with Crippen molar-refractivity contribution in [3.63, 3.8) is 0 Å². The molecule has 0 bridgehead atoms. The number of ether oxygens (including phenoxy) is 2. The second-order valence-corrected chi connectivity index (χ2v) is 8.45. The highest BCUT2D eigenvalue weighted by Crippen LogP contribution is 2.28. The zero-order valence-electron chi connectivity index (χ0n) is 20.9. The summed E-state index contributed by atoms with van der Waals surface area (Å²) in [6, 6.07) is 24.0. The third-order valence-electron chi connectivity index (χ3n) is 5.90. The molecule has 0 saturated heterocycles. The molecule has 2 N–H and O–H groups in total. The molecule has 3 aromatic carbocycles. The third-order valence-corrected chi connectivity index (χ3v) is 5.90. The molecular weight excluding hydrogens is 456 g/mol. The van der Waals surface area contributed by atoms with Crippen LogP contribution in [0.1, 0.15) is 23.1 Å². The SMILES string of the molecule is COc1ccc(CC(=O)N(Cc2ccccc2)[C@H](Cc2ccccc2)C(=O)NCCCO)cc1OC. The molecule has 7 heteroatoms. The fourth-order valence-corrected chi connectivity index (χ4v) is 4.01. The van der Waals surface area contributed by atoms with Crippen LogP contribution >= 0.6 is 0 Å². The van der Waals surface area contributed by atoms with Crippen LogP contribution < -0.4 is 14.8 Å². The van der Waals surface area contributed by atoms with E-state index < -0.39 is 6.04 Å². The van der Waals surface area contributed by atoms with E-state index in [9.17, 15) is 9.59 Å². The minimum absolute atomic E-state index is 0.0183. The first kappa shape index (κ1) is 26.8. The lowest BCUT2D eigenvalue weighted by Crippen LogP contribution is -2.51. The summed E-state index contributed by atoms with van der Waals surface area (Å²) >= 11 is 0. The minimum Gasteiger partial charge on any atom is -0.493 e. The van der Waals surface area contributed by atoms with Gasteiger partial charge in [-0.05, 0) is 35.2 Å². The molecule has 0 fully saturated rings. The summed E-state index contributed by atoms with van der Waals surface area (Å²) in [5, 5.41) is 12.0. The Morgan fingerprint density at radius 1 is 0.861 bits per heavy atom. The average Bonchev–Trinajstić information content (AvgIpc) is 2.91. The van der Waals surface area contributed by atoms with Crippen LogP contribution in [0.15, 0.2) is 78.9 Å². The van der Waals surface area contributed by atoms with E-state index in [4.69, 9.17) is 14.6 Å². The molecule has 3 rings (SSSR count). The van der Waals surface area contributed by atoms with Crippen LogP contribution in [0, 0.1) is 0 Å². The highest BCUT2D eigenvalue weighted by atomic mass is 16.5. The Balaban J connectivity index is 1.93. The fourth-order valence-electron chi connectivity index (χ4n) is 4.01. The van der Waals surface area contributed by atoms with Crippen molar-refractivity contribution in [1.29, 1.82) is 0 Å². The van der Waals surface area contributed by atoms with Gasteiger partial charge in [-0.3, -0.25) is 9.59 Å². The summed E-state index contributed by atoms with van der Waals surface area (Å²) in [5.41, 5.74) is 2.64. The van der Waals surface area contributed by atoms with E-state index >= 15 is 0 Å². The van der Waals surface area contributed by atoms with Crippen molar-refractivity contribution in [2.75, 3.05) is 27.4 Å². The number of rotatable bonds is 13. The number of nitrogens with zero attached hydrogens (tertiary/aromatic N) is 1. The number of carbonyl (C=O) groups excluding carboxylic acids is 2. The number of aliphatic hydroxyl groups excluding tert-OH is 1. The summed E-state index contributed by atoms with van der Waals surface area (Å²) in [4.78, 5) is 28.8. The molecule has 0 aliphatic rings. The highest BCUT2D eigenvalue weighted by Gasteiger charge is 2.30. The molecule has 0 spiro atoms. The maximum Gasteiger partial charge on any atom is 0.243 e. The van der Waals surface area contributed by atoms with Crippen LogP contribution in [0.3, 0.4) is 0 Å². The zero-order valence-corrected chi connectivity index (χ0v) is 20.9. The number of aliphatic hydroxyl groups is 1. The maximum atomic E-state index is 13.8. The molecule has 2 amide bonds. The Bertz CT molecular complexity index is 1110. The lowest BCUT2D eigenvalue weighted by molar-refractivity contribution is -0.140. The summed E-state index contributed by atoms with van der Waals surface area (Å²) < 4.78 is 10.7. The lowest BCUT2D eigenvalue weighted by atomic mass is 10.0. The van der Waals surface area contributed by atoms with Crippen molar-refractivity contribution in [2.24, 2.45) is 0 Å². The Morgan fingerprint density at radius 2 is 1.50 bits per heavy atom. The number of hydrogen-bond donors (Lipinski definition) is 2. The molecule has 0 aromatic heterocycles. The van der Waals surface area contributed by atoms with Crippen LogP contribution in [0.2, 0.25) is 0 Å². The van der Waals surface area contributed by atoms with Gasteiger partial charge in [-0.25, -0.2) is 0 Å². The first-order chi connectivity index (χ1) is 17.5.